The number of rotatable bonds is 6. The molecule has 0 spiro atoms. The first-order valence-electron chi connectivity index (χ1n) is 18.3. The summed E-state index contributed by atoms with van der Waals surface area (Å²) in [6.45, 7) is 0. The van der Waals surface area contributed by atoms with E-state index >= 15 is 0 Å². The molecule has 3 heterocycles. The Morgan fingerprint density at radius 3 is 2.06 bits per heavy atom. The van der Waals surface area contributed by atoms with Crippen molar-refractivity contribution in [2.45, 2.75) is 12.3 Å². The van der Waals surface area contributed by atoms with Crippen LogP contribution in [0.1, 0.15) is 23.5 Å². The number of thiazole rings is 1. The Kier molecular flexibility index (Phi) is 7.13. The highest BCUT2D eigenvalue weighted by molar-refractivity contribution is 7.21. The summed E-state index contributed by atoms with van der Waals surface area (Å²) in [5.74, 6) is 0.235. The summed E-state index contributed by atoms with van der Waals surface area (Å²) >= 11 is 1.72. The van der Waals surface area contributed by atoms with Crippen molar-refractivity contribution in [1.82, 2.24) is 4.98 Å². The number of hydrogen-bond acceptors (Lipinski definition) is 5. The van der Waals surface area contributed by atoms with Crippen LogP contribution in [-0.2, 0) is 0 Å². The number of benzene rings is 7. The van der Waals surface area contributed by atoms with Crippen LogP contribution in [0.2, 0.25) is 0 Å². The van der Waals surface area contributed by atoms with Crippen LogP contribution in [0.15, 0.2) is 190 Å². The SMILES string of the molecule is C1=C(c2ccccc2)C(c2ccccc2)CC=C1N(c1ccc2c(c1)oc1ccc3sc(-c4ccccc4)nc3c12)c1ccc2oc3ccccc3c2c1. The second-order valence-electron chi connectivity index (χ2n) is 13.9. The van der Waals surface area contributed by atoms with E-state index in [2.05, 4.69) is 163 Å². The highest BCUT2D eigenvalue weighted by Crippen LogP contribution is 2.45. The summed E-state index contributed by atoms with van der Waals surface area (Å²) in [5.41, 5.74) is 12.5. The topological polar surface area (TPSA) is 42.4 Å². The smallest absolute Gasteiger partial charge is 0.137 e. The van der Waals surface area contributed by atoms with Gasteiger partial charge in [-0.15, -0.1) is 11.3 Å². The quantitative estimate of drug-likeness (QED) is 0.172. The van der Waals surface area contributed by atoms with Gasteiger partial charge < -0.3 is 13.7 Å². The molecule has 1 aliphatic rings. The fourth-order valence-corrected chi connectivity index (χ4v) is 9.12. The lowest BCUT2D eigenvalue weighted by molar-refractivity contribution is 0.668. The Morgan fingerprint density at radius 1 is 0.556 bits per heavy atom. The molecule has 256 valence electrons. The number of allylic oxidation sites excluding steroid dienone is 3. The fraction of sp³-hybridized carbons (Fsp3) is 0.0408. The highest BCUT2D eigenvalue weighted by atomic mass is 32.1. The van der Waals surface area contributed by atoms with Gasteiger partial charge in [-0.05, 0) is 77.7 Å². The van der Waals surface area contributed by atoms with Crippen molar-refractivity contribution in [1.29, 1.82) is 0 Å². The third-order valence-electron chi connectivity index (χ3n) is 10.7. The minimum Gasteiger partial charge on any atom is -0.456 e. The average molecular weight is 713 g/mol. The van der Waals surface area contributed by atoms with Gasteiger partial charge in [-0.3, -0.25) is 0 Å². The zero-order valence-electron chi connectivity index (χ0n) is 29.1. The minimum atomic E-state index is 0.235. The van der Waals surface area contributed by atoms with Gasteiger partial charge in [0.2, 0.25) is 0 Å². The Morgan fingerprint density at radius 2 is 1.22 bits per heavy atom. The van der Waals surface area contributed by atoms with E-state index in [1.54, 1.807) is 11.3 Å². The van der Waals surface area contributed by atoms with Crippen LogP contribution < -0.4 is 4.90 Å². The Hall–Kier alpha value is -6.69. The van der Waals surface area contributed by atoms with Gasteiger partial charge in [0, 0.05) is 50.8 Å². The van der Waals surface area contributed by atoms with Crippen LogP contribution in [0.25, 0.3) is 70.2 Å². The molecule has 1 unspecified atom stereocenters. The van der Waals surface area contributed by atoms with E-state index in [0.29, 0.717) is 0 Å². The van der Waals surface area contributed by atoms with E-state index in [-0.39, 0.29) is 5.92 Å². The number of fused-ring (bicyclic) bond motifs is 8. The van der Waals surface area contributed by atoms with Crippen molar-refractivity contribution in [2.24, 2.45) is 0 Å². The molecule has 4 nitrogen and oxygen atoms in total. The van der Waals surface area contributed by atoms with Gasteiger partial charge in [-0.2, -0.15) is 0 Å². The second kappa shape index (κ2) is 12.5. The van der Waals surface area contributed by atoms with E-state index < -0.39 is 0 Å². The first-order chi connectivity index (χ1) is 26.7. The molecule has 0 aliphatic heterocycles. The molecule has 0 amide bonds. The Bertz CT molecular complexity index is 3080. The molecule has 1 aliphatic carbocycles. The Balaban J connectivity index is 1.10. The lowest BCUT2D eigenvalue weighted by Gasteiger charge is -2.32. The molecule has 0 saturated heterocycles. The number of furan rings is 2. The molecular weight excluding hydrogens is 681 g/mol. The second-order valence-corrected chi connectivity index (χ2v) is 14.9. The number of anilines is 2. The van der Waals surface area contributed by atoms with Gasteiger partial charge in [0.05, 0.1) is 15.6 Å². The third-order valence-corrected chi connectivity index (χ3v) is 11.8. The maximum atomic E-state index is 6.66. The van der Waals surface area contributed by atoms with Crippen LogP contribution in [0.5, 0.6) is 0 Å². The van der Waals surface area contributed by atoms with Crippen LogP contribution in [0, 0.1) is 0 Å². The van der Waals surface area contributed by atoms with E-state index in [0.717, 1.165) is 88.2 Å². The number of para-hydroxylation sites is 1. The molecule has 0 saturated carbocycles. The van der Waals surface area contributed by atoms with Crippen molar-refractivity contribution < 1.29 is 8.83 Å². The van der Waals surface area contributed by atoms with Crippen LogP contribution >= 0.6 is 11.3 Å². The molecule has 3 aromatic heterocycles. The van der Waals surface area contributed by atoms with Crippen LogP contribution in [0.4, 0.5) is 11.4 Å². The summed E-state index contributed by atoms with van der Waals surface area (Å²) < 4.78 is 14.1. The zero-order valence-corrected chi connectivity index (χ0v) is 30.0. The Labute approximate surface area is 315 Å². The van der Waals surface area contributed by atoms with E-state index in [1.807, 2.05) is 18.2 Å². The molecule has 11 rings (SSSR count). The summed E-state index contributed by atoms with van der Waals surface area (Å²) in [6, 6.07) is 57.6. The molecule has 54 heavy (non-hydrogen) atoms. The molecular formula is C49H32N2O2S. The number of nitrogens with zero attached hydrogens (tertiary/aromatic N) is 2. The molecule has 7 aromatic carbocycles. The first-order valence-corrected chi connectivity index (χ1v) is 19.1. The van der Waals surface area contributed by atoms with Crippen molar-refractivity contribution in [2.75, 3.05) is 4.90 Å². The standard InChI is InChI=1S/C49H32N2O2S/c1-4-12-31(13-5-1)37-23-20-34(28-40(37)32-14-6-2-7-15-32)51(35-22-25-43-41(29-35)38-18-10-11-19-42(38)52-43)36-21-24-39-45(30-36)53-44-26-27-46-48(47(39)44)50-49(54-46)33-16-8-3-9-17-33/h1-22,24-30,37H,23H2. The van der Waals surface area contributed by atoms with Crippen molar-refractivity contribution in [3.63, 3.8) is 0 Å². The molecule has 0 N–H and O–H groups in total. The molecule has 0 radical (unpaired) electrons. The van der Waals surface area contributed by atoms with Gasteiger partial charge in [0.1, 0.15) is 27.3 Å². The minimum absolute atomic E-state index is 0.235. The van der Waals surface area contributed by atoms with Crippen molar-refractivity contribution >= 4 is 82.4 Å². The maximum absolute atomic E-state index is 6.66. The summed E-state index contributed by atoms with van der Waals surface area (Å²) in [5, 5.41) is 5.31. The van der Waals surface area contributed by atoms with Crippen LogP contribution in [-0.4, -0.2) is 4.98 Å². The predicted octanol–water partition coefficient (Wildman–Crippen LogP) is 14.1. The average Bonchev–Trinajstić information content (AvgIpc) is 3.95. The van der Waals surface area contributed by atoms with Gasteiger partial charge in [-0.25, -0.2) is 4.98 Å². The third kappa shape index (κ3) is 5.08. The highest BCUT2D eigenvalue weighted by Gasteiger charge is 2.26. The molecule has 0 bridgehead atoms. The molecule has 1 atom stereocenters. The van der Waals surface area contributed by atoms with Crippen LogP contribution in [0.3, 0.4) is 0 Å². The van der Waals surface area contributed by atoms with E-state index in [9.17, 15) is 0 Å². The lowest BCUT2D eigenvalue weighted by atomic mass is 9.81. The monoisotopic (exact) mass is 712 g/mol. The fourth-order valence-electron chi connectivity index (χ4n) is 8.14. The van der Waals surface area contributed by atoms with Crippen molar-refractivity contribution in [3.8, 4) is 10.6 Å². The largest absolute Gasteiger partial charge is 0.456 e. The van der Waals surface area contributed by atoms with Gasteiger partial charge in [0.15, 0.2) is 0 Å². The molecule has 10 aromatic rings. The van der Waals surface area contributed by atoms with E-state index in [1.165, 1.54) is 16.7 Å². The predicted molar refractivity (Wildman–Crippen MR) is 224 cm³/mol. The summed E-state index contributed by atoms with van der Waals surface area (Å²) in [6.07, 6.45) is 5.63. The zero-order chi connectivity index (χ0) is 35.6. The van der Waals surface area contributed by atoms with E-state index in [4.69, 9.17) is 13.8 Å². The maximum Gasteiger partial charge on any atom is 0.137 e. The normalized spacial score (nSPS) is 14.6. The molecule has 5 heteroatoms. The summed E-state index contributed by atoms with van der Waals surface area (Å²) in [7, 11) is 0. The first kappa shape index (κ1) is 30.9. The van der Waals surface area contributed by atoms with Crippen molar-refractivity contribution in [3.05, 3.63) is 193 Å². The number of hydrogen-bond donors (Lipinski definition) is 0. The van der Waals surface area contributed by atoms with Gasteiger partial charge in [-0.1, -0.05) is 115 Å². The molecule has 0 fully saturated rings. The van der Waals surface area contributed by atoms with Gasteiger partial charge in [0.25, 0.3) is 0 Å². The number of aromatic nitrogens is 1. The summed E-state index contributed by atoms with van der Waals surface area (Å²) in [4.78, 5) is 7.52. The van der Waals surface area contributed by atoms with Gasteiger partial charge >= 0.3 is 0 Å². The lowest BCUT2D eigenvalue weighted by Crippen LogP contribution is -2.19.